The Balaban J connectivity index is 1.14. The lowest BCUT2D eigenvalue weighted by Gasteiger charge is -2.26. The minimum atomic E-state index is -0.203. The van der Waals surface area contributed by atoms with E-state index < -0.39 is 0 Å². The highest BCUT2D eigenvalue weighted by atomic mass is 16.3. The third-order valence-electron chi connectivity index (χ3n) is 13.1. The molecule has 8 rings (SSSR count). The molecule has 0 saturated heterocycles. The van der Waals surface area contributed by atoms with Gasteiger partial charge in [-0.3, -0.25) is 20.0 Å². The number of hydrogen-bond donors (Lipinski definition) is 4. The van der Waals surface area contributed by atoms with E-state index in [0.29, 0.717) is 33.4 Å². The van der Waals surface area contributed by atoms with Crippen LogP contribution >= 0.6 is 0 Å². The van der Waals surface area contributed by atoms with E-state index in [9.17, 15) is 20.4 Å². The number of aliphatic imine (C=N–C) groups is 4. The van der Waals surface area contributed by atoms with Crippen LogP contribution in [0.4, 0.5) is 0 Å². The van der Waals surface area contributed by atoms with E-state index in [0.717, 1.165) is 84.0 Å². The lowest BCUT2D eigenvalue weighted by molar-refractivity contribution is 0.390. The van der Waals surface area contributed by atoms with Crippen molar-refractivity contribution in [2.75, 3.05) is 0 Å². The van der Waals surface area contributed by atoms with Crippen molar-refractivity contribution in [1.29, 1.82) is 0 Å². The summed E-state index contributed by atoms with van der Waals surface area (Å²) in [6, 6.07) is 31.1. The zero-order chi connectivity index (χ0) is 45.2. The van der Waals surface area contributed by atoms with Crippen LogP contribution in [0.1, 0.15) is 126 Å². The molecule has 2 saturated carbocycles. The first kappa shape index (κ1) is 44.3. The van der Waals surface area contributed by atoms with Crippen molar-refractivity contribution in [3.63, 3.8) is 0 Å². The average molecular weight is 855 g/mol. The third-order valence-corrected chi connectivity index (χ3v) is 13.1. The summed E-state index contributed by atoms with van der Waals surface area (Å²) in [5.41, 5.74) is 4.94. The van der Waals surface area contributed by atoms with Crippen LogP contribution in [0.2, 0.25) is 0 Å². The molecule has 330 valence electrons. The van der Waals surface area contributed by atoms with E-state index in [1.54, 1.807) is 24.9 Å². The molecule has 6 aromatic rings. The van der Waals surface area contributed by atoms with Crippen molar-refractivity contribution >= 4 is 46.4 Å². The quantitative estimate of drug-likeness (QED) is 0.108. The van der Waals surface area contributed by atoms with E-state index in [1.807, 2.05) is 97.1 Å². The molecule has 2 aliphatic rings. The summed E-state index contributed by atoms with van der Waals surface area (Å²) in [5.74, 6) is 0.601. The lowest BCUT2D eigenvalue weighted by atomic mass is 9.85. The second kappa shape index (κ2) is 18.4. The van der Waals surface area contributed by atoms with Crippen LogP contribution in [-0.2, 0) is 10.8 Å². The summed E-state index contributed by atoms with van der Waals surface area (Å²) in [6.45, 7) is 12.5. The van der Waals surface area contributed by atoms with Gasteiger partial charge in [-0.25, -0.2) is 0 Å². The van der Waals surface area contributed by atoms with E-state index in [4.69, 9.17) is 20.0 Å². The molecule has 4 atom stereocenters. The Hall–Kier alpha value is -6.28. The molecule has 8 nitrogen and oxygen atoms in total. The highest BCUT2D eigenvalue weighted by Crippen LogP contribution is 2.47. The van der Waals surface area contributed by atoms with Gasteiger partial charge in [0.2, 0.25) is 0 Å². The predicted molar refractivity (Wildman–Crippen MR) is 266 cm³/mol. The molecule has 4 N–H and O–H groups in total. The summed E-state index contributed by atoms with van der Waals surface area (Å²) in [7, 11) is 0. The molecule has 0 amide bonds. The standard InChI is InChI=1S/C56H62N4O4/c1-55(2,3)43-23-15-19-37(51(43)61)31-57-45-25-11-13-27-47(45)59-33-39-29-35-17-7-9-21-41(35)49(53(39)63)50-42-22-10-8-18-36(42)30-40(54(50)64)34-60-48-28-14-12-26-46(48)58-32-38-20-16-24-44(52(38)62)56(4,5)6/h7-10,15-24,29-34,45-48,61-64H,11-14,25-28H2,1-6H3/t45-,46-,47-,48-/m1/s1. The molecule has 0 aliphatic heterocycles. The van der Waals surface area contributed by atoms with E-state index in [-0.39, 0.29) is 58.0 Å². The minimum absolute atomic E-state index is 0.0391. The summed E-state index contributed by atoms with van der Waals surface area (Å²) in [4.78, 5) is 20.2. The van der Waals surface area contributed by atoms with Crippen LogP contribution in [0.15, 0.2) is 117 Å². The molecule has 0 spiro atoms. The largest absolute Gasteiger partial charge is 0.507 e. The summed E-state index contributed by atoms with van der Waals surface area (Å²) in [6.07, 6.45) is 14.8. The monoisotopic (exact) mass is 854 g/mol. The van der Waals surface area contributed by atoms with Gasteiger partial charge in [-0.15, -0.1) is 0 Å². The van der Waals surface area contributed by atoms with Crippen LogP contribution in [0.3, 0.4) is 0 Å². The highest BCUT2D eigenvalue weighted by molar-refractivity contribution is 6.14. The molecule has 6 aromatic carbocycles. The van der Waals surface area contributed by atoms with Crippen molar-refractivity contribution in [3.8, 4) is 34.1 Å². The van der Waals surface area contributed by atoms with Crippen LogP contribution in [0.5, 0.6) is 23.0 Å². The number of phenols is 4. The van der Waals surface area contributed by atoms with Gasteiger partial charge < -0.3 is 20.4 Å². The zero-order valence-corrected chi connectivity index (χ0v) is 38.1. The summed E-state index contributed by atoms with van der Waals surface area (Å²) >= 11 is 0. The van der Waals surface area contributed by atoms with Gasteiger partial charge in [-0.05, 0) is 93.5 Å². The number of aromatic hydroxyl groups is 4. The van der Waals surface area contributed by atoms with Gasteiger partial charge in [0.05, 0.1) is 24.2 Å². The molecule has 2 aliphatic carbocycles. The highest BCUT2D eigenvalue weighted by Gasteiger charge is 2.28. The second-order valence-corrected chi connectivity index (χ2v) is 19.8. The van der Waals surface area contributed by atoms with Crippen molar-refractivity contribution in [1.82, 2.24) is 0 Å². The molecule has 2 fully saturated rings. The topological polar surface area (TPSA) is 130 Å². The number of phenolic OH excluding ortho intramolecular Hbond substituents is 4. The number of hydrogen-bond acceptors (Lipinski definition) is 8. The maximum absolute atomic E-state index is 12.4. The molecule has 0 radical (unpaired) electrons. The Morgan fingerprint density at radius 1 is 0.406 bits per heavy atom. The molecule has 0 bridgehead atoms. The first-order valence-electron chi connectivity index (χ1n) is 23.0. The van der Waals surface area contributed by atoms with Gasteiger partial charge in [0, 0.05) is 58.2 Å². The van der Waals surface area contributed by atoms with Crippen molar-refractivity contribution in [3.05, 3.63) is 130 Å². The maximum atomic E-state index is 12.4. The molecule has 0 unspecified atom stereocenters. The van der Waals surface area contributed by atoms with Gasteiger partial charge >= 0.3 is 0 Å². The van der Waals surface area contributed by atoms with Crippen molar-refractivity contribution in [2.45, 2.75) is 128 Å². The zero-order valence-electron chi connectivity index (χ0n) is 38.1. The fraction of sp³-hybridized carbons (Fsp3) is 0.357. The predicted octanol–water partition coefficient (Wildman–Crippen LogP) is 12.8. The molecule has 0 aromatic heterocycles. The first-order valence-corrected chi connectivity index (χ1v) is 23.0. The summed E-state index contributed by atoms with van der Waals surface area (Å²) < 4.78 is 0. The van der Waals surface area contributed by atoms with Gasteiger partial charge in [-0.1, -0.05) is 140 Å². The fourth-order valence-electron chi connectivity index (χ4n) is 9.54. The number of nitrogens with zero attached hydrogens (tertiary/aromatic N) is 4. The van der Waals surface area contributed by atoms with E-state index in [2.05, 4.69) is 41.5 Å². The van der Waals surface area contributed by atoms with Crippen LogP contribution < -0.4 is 0 Å². The number of para-hydroxylation sites is 2. The normalized spacial score (nSPS) is 20.2. The maximum Gasteiger partial charge on any atom is 0.132 e. The Morgan fingerprint density at radius 2 is 0.734 bits per heavy atom. The minimum Gasteiger partial charge on any atom is -0.507 e. The van der Waals surface area contributed by atoms with Gasteiger partial charge in [0.15, 0.2) is 0 Å². The fourth-order valence-corrected chi connectivity index (χ4v) is 9.54. The van der Waals surface area contributed by atoms with Gasteiger partial charge in [0.1, 0.15) is 23.0 Å². The summed E-state index contributed by atoms with van der Waals surface area (Å²) in [5, 5.41) is 50.4. The molecule has 8 heteroatoms. The Bertz CT molecular complexity index is 2600. The second-order valence-electron chi connectivity index (χ2n) is 19.8. The number of rotatable bonds is 9. The molecule has 0 heterocycles. The SMILES string of the molecule is CC(C)(C)c1cccc(C=N[C@@H]2CCCC[C@H]2N=Cc2cc3ccccc3c(-c3c(O)c(C=N[C@@H]4CCCC[C@H]4N=Cc4cccc(C(C)(C)C)c4O)cc4ccccc34)c2O)c1O. The third kappa shape index (κ3) is 9.33. The van der Waals surface area contributed by atoms with E-state index in [1.165, 1.54) is 0 Å². The van der Waals surface area contributed by atoms with Crippen molar-refractivity contribution in [2.24, 2.45) is 20.0 Å². The lowest BCUT2D eigenvalue weighted by Crippen LogP contribution is -2.27. The van der Waals surface area contributed by atoms with Crippen LogP contribution in [-0.4, -0.2) is 69.5 Å². The smallest absolute Gasteiger partial charge is 0.132 e. The average Bonchev–Trinajstić information content (AvgIpc) is 3.27. The van der Waals surface area contributed by atoms with Gasteiger partial charge in [-0.2, -0.15) is 0 Å². The number of fused-ring (bicyclic) bond motifs is 2. The molecular weight excluding hydrogens is 793 g/mol. The Labute approximate surface area is 377 Å². The molecule has 64 heavy (non-hydrogen) atoms. The van der Waals surface area contributed by atoms with Crippen LogP contribution in [0.25, 0.3) is 32.7 Å². The van der Waals surface area contributed by atoms with Crippen LogP contribution in [0, 0.1) is 0 Å². The first-order chi connectivity index (χ1) is 30.7. The van der Waals surface area contributed by atoms with E-state index >= 15 is 0 Å². The van der Waals surface area contributed by atoms with Crippen molar-refractivity contribution < 1.29 is 20.4 Å². The Kier molecular flexibility index (Phi) is 12.8. The molecular formula is C56H62N4O4. The van der Waals surface area contributed by atoms with Gasteiger partial charge in [0.25, 0.3) is 0 Å². The number of benzene rings is 6. The Morgan fingerprint density at radius 3 is 1.08 bits per heavy atom.